The molecular weight excluding hydrogens is 337 g/mol. The van der Waals surface area contributed by atoms with Crippen LogP contribution < -0.4 is 0 Å². The summed E-state index contributed by atoms with van der Waals surface area (Å²) >= 11 is 3.37. The average Bonchev–Trinajstić information content (AvgIpc) is 2.77. The first-order chi connectivity index (χ1) is 10.0. The number of benzene rings is 2. The van der Waals surface area contributed by atoms with Gasteiger partial charge in [0.25, 0.3) is 0 Å². The predicted molar refractivity (Wildman–Crippen MR) is 82.1 cm³/mol. The average molecular weight is 348 g/mol. The number of carbonyl (C=O) groups is 1. The first-order valence-corrected chi connectivity index (χ1v) is 7.10. The van der Waals surface area contributed by atoms with Gasteiger partial charge in [-0.1, -0.05) is 28.1 Å². The van der Waals surface area contributed by atoms with Gasteiger partial charge in [-0.2, -0.15) is 0 Å². The van der Waals surface area contributed by atoms with Crippen LogP contribution in [-0.2, 0) is 6.54 Å². The van der Waals surface area contributed by atoms with Gasteiger partial charge in [0, 0.05) is 21.9 Å². The van der Waals surface area contributed by atoms with E-state index >= 15 is 0 Å². The van der Waals surface area contributed by atoms with E-state index in [9.17, 15) is 14.3 Å². The van der Waals surface area contributed by atoms with E-state index in [0.717, 1.165) is 20.9 Å². The third kappa shape index (κ3) is 2.69. The molecule has 0 aliphatic rings. The Morgan fingerprint density at radius 3 is 2.71 bits per heavy atom. The van der Waals surface area contributed by atoms with Crippen molar-refractivity contribution in [3.8, 4) is 0 Å². The Hall–Kier alpha value is -2.14. The Balaban J connectivity index is 2.15. The Labute approximate surface area is 128 Å². The zero-order valence-corrected chi connectivity index (χ0v) is 12.5. The molecule has 0 saturated carbocycles. The first kappa shape index (κ1) is 13.8. The van der Waals surface area contributed by atoms with Crippen LogP contribution in [0.2, 0.25) is 0 Å². The molecule has 2 aromatic carbocycles. The summed E-state index contributed by atoms with van der Waals surface area (Å²) in [6.45, 7) is 0.310. The van der Waals surface area contributed by atoms with Crippen molar-refractivity contribution in [3.05, 3.63) is 70.1 Å². The summed E-state index contributed by atoms with van der Waals surface area (Å²) in [6, 6.07) is 13.4. The van der Waals surface area contributed by atoms with E-state index in [4.69, 9.17) is 0 Å². The number of halogens is 2. The molecule has 1 N–H and O–H groups in total. The normalized spacial score (nSPS) is 11.0. The SMILES string of the molecule is O=C(O)c1cc2cc(Br)ccc2n1Cc1cccc(F)c1. The molecule has 21 heavy (non-hydrogen) atoms. The highest BCUT2D eigenvalue weighted by atomic mass is 79.9. The van der Waals surface area contributed by atoms with Crippen molar-refractivity contribution in [1.29, 1.82) is 0 Å². The lowest BCUT2D eigenvalue weighted by molar-refractivity contribution is 0.0686. The number of hydrogen-bond acceptors (Lipinski definition) is 1. The fourth-order valence-corrected chi connectivity index (χ4v) is 2.79. The van der Waals surface area contributed by atoms with Crippen LogP contribution in [0.3, 0.4) is 0 Å². The van der Waals surface area contributed by atoms with E-state index in [1.54, 1.807) is 22.8 Å². The molecule has 3 nitrogen and oxygen atoms in total. The van der Waals surface area contributed by atoms with E-state index in [0.29, 0.717) is 6.54 Å². The van der Waals surface area contributed by atoms with Gasteiger partial charge < -0.3 is 9.67 Å². The molecule has 3 aromatic rings. The maximum absolute atomic E-state index is 13.3. The van der Waals surface area contributed by atoms with Crippen LogP contribution >= 0.6 is 15.9 Å². The van der Waals surface area contributed by atoms with Crippen LogP contribution in [-0.4, -0.2) is 15.6 Å². The second kappa shape index (κ2) is 5.33. The van der Waals surface area contributed by atoms with Crippen LogP contribution in [0, 0.1) is 5.82 Å². The molecule has 0 bridgehead atoms. The van der Waals surface area contributed by atoms with Crippen molar-refractivity contribution in [2.75, 3.05) is 0 Å². The summed E-state index contributed by atoms with van der Waals surface area (Å²) in [5.74, 6) is -1.33. The Morgan fingerprint density at radius 2 is 2.00 bits per heavy atom. The summed E-state index contributed by atoms with van der Waals surface area (Å²) in [5, 5.41) is 10.2. The molecule has 0 saturated heterocycles. The van der Waals surface area contributed by atoms with Crippen molar-refractivity contribution in [3.63, 3.8) is 0 Å². The second-order valence-corrected chi connectivity index (χ2v) is 5.67. The number of aromatic carboxylic acids is 1. The summed E-state index contributed by atoms with van der Waals surface area (Å²) < 4.78 is 15.9. The number of nitrogens with zero attached hydrogens (tertiary/aromatic N) is 1. The standard InChI is InChI=1S/C16H11BrFNO2/c17-12-4-5-14-11(7-12)8-15(16(20)21)19(14)9-10-2-1-3-13(18)6-10/h1-8H,9H2,(H,20,21). The Kier molecular flexibility index (Phi) is 3.51. The maximum Gasteiger partial charge on any atom is 0.352 e. The molecule has 0 unspecified atom stereocenters. The highest BCUT2D eigenvalue weighted by Gasteiger charge is 2.15. The molecule has 5 heteroatoms. The van der Waals surface area contributed by atoms with Crippen molar-refractivity contribution >= 4 is 32.8 Å². The van der Waals surface area contributed by atoms with Crippen molar-refractivity contribution < 1.29 is 14.3 Å². The second-order valence-electron chi connectivity index (χ2n) is 4.75. The van der Waals surface area contributed by atoms with Gasteiger partial charge >= 0.3 is 5.97 Å². The molecule has 0 amide bonds. The predicted octanol–water partition coefficient (Wildman–Crippen LogP) is 4.29. The van der Waals surface area contributed by atoms with Gasteiger partial charge in [0.1, 0.15) is 11.5 Å². The highest BCUT2D eigenvalue weighted by molar-refractivity contribution is 9.10. The largest absolute Gasteiger partial charge is 0.477 e. The number of fused-ring (bicyclic) bond motifs is 1. The number of rotatable bonds is 3. The molecule has 1 heterocycles. The number of carboxylic acids is 1. The van der Waals surface area contributed by atoms with E-state index < -0.39 is 5.97 Å². The fourth-order valence-electron chi connectivity index (χ4n) is 2.41. The summed E-state index contributed by atoms with van der Waals surface area (Å²) in [7, 11) is 0. The van der Waals surface area contributed by atoms with E-state index in [1.165, 1.54) is 12.1 Å². The summed E-state index contributed by atoms with van der Waals surface area (Å²) in [4.78, 5) is 11.4. The van der Waals surface area contributed by atoms with Crippen LogP contribution in [0.15, 0.2) is 53.0 Å². The molecule has 0 atom stereocenters. The minimum Gasteiger partial charge on any atom is -0.477 e. The van der Waals surface area contributed by atoms with E-state index in [1.807, 2.05) is 18.2 Å². The van der Waals surface area contributed by atoms with Gasteiger partial charge in [0.2, 0.25) is 0 Å². The molecule has 1 aromatic heterocycles. The van der Waals surface area contributed by atoms with Crippen LogP contribution in [0.4, 0.5) is 4.39 Å². The van der Waals surface area contributed by atoms with Gasteiger partial charge in [-0.25, -0.2) is 9.18 Å². The molecule has 0 aliphatic carbocycles. The van der Waals surface area contributed by atoms with Gasteiger partial charge in [0.05, 0.1) is 0 Å². The third-order valence-electron chi connectivity index (χ3n) is 3.31. The smallest absolute Gasteiger partial charge is 0.352 e. The van der Waals surface area contributed by atoms with Crippen LogP contribution in [0.25, 0.3) is 10.9 Å². The third-order valence-corrected chi connectivity index (χ3v) is 3.81. The monoisotopic (exact) mass is 347 g/mol. The Morgan fingerprint density at radius 1 is 1.19 bits per heavy atom. The Bertz CT molecular complexity index is 841. The molecule has 3 rings (SSSR count). The van der Waals surface area contributed by atoms with Crippen LogP contribution in [0.5, 0.6) is 0 Å². The van der Waals surface area contributed by atoms with E-state index in [-0.39, 0.29) is 11.5 Å². The van der Waals surface area contributed by atoms with Gasteiger partial charge in [-0.15, -0.1) is 0 Å². The number of hydrogen-bond donors (Lipinski definition) is 1. The summed E-state index contributed by atoms with van der Waals surface area (Å²) in [6.07, 6.45) is 0. The van der Waals surface area contributed by atoms with Gasteiger partial charge in [-0.05, 0) is 42.0 Å². The van der Waals surface area contributed by atoms with Crippen molar-refractivity contribution in [2.24, 2.45) is 0 Å². The van der Waals surface area contributed by atoms with Crippen molar-refractivity contribution in [2.45, 2.75) is 6.54 Å². The maximum atomic E-state index is 13.3. The molecular formula is C16H11BrFNO2. The molecule has 0 fully saturated rings. The zero-order chi connectivity index (χ0) is 15.0. The first-order valence-electron chi connectivity index (χ1n) is 6.31. The van der Waals surface area contributed by atoms with E-state index in [2.05, 4.69) is 15.9 Å². The lowest BCUT2D eigenvalue weighted by Gasteiger charge is -2.09. The minimum absolute atomic E-state index is 0.187. The minimum atomic E-state index is -1.00. The van der Waals surface area contributed by atoms with Gasteiger partial charge in [-0.3, -0.25) is 0 Å². The zero-order valence-electron chi connectivity index (χ0n) is 10.9. The molecule has 0 spiro atoms. The van der Waals surface area contributed by atoms with Crippen LogP contribution in [0.1, 0.15) is 16.1 Å². The molecule has 0 aliphatic heterocycles. The number of carboxylic acid groups (broad SMARTS) is 1. The number of aromatic nitrogens is 1. The topological polar surface area (TPSA) is 42.2 Å². The molecule has 0 radical (unpaired) electrons. The highest BCUT2D eigenvalue weighted by Crippen LogP contribution is 2.25. The molecule has 106 valence electrons. The fraction of sp³-hybridized carbons (Fsp3) is 0.0625. The van der Waals surface area contributed by atoms with Gasteiger partial charge in [0.15, 0.2) is 0 Å². The lowest BCUT2D eigenvalue weighted by Crippen LogP contribution is -2.09. The quantitative estimate of drug-likeness (QED) is 0.767. The van der Waals surface area contributed by atoms with Crippen molar-refractivity contribution in [1.82, 2.24) is 4.57 Å². The lowest BCUT2D eigenvalue weighted by atomic mass is 10.2. The summed E-state index contributed by atoms with van der Waals surface area (Å²) in [5.41, 5.74) is 1.71.